The van der Waals surface area contributed by atoms with Crippen LogP contribution in [0.25, 0.3) is 0 Å². The largest absolute Gasteiger partial charge is 0.417 e. The minimum absolute atomic E-state index is 0.121. The van der Waals surface area contributed by atoms with Gasteiger partial charge in [0, 0.05) is 13.7 Å². The van der Waals surface area contributed by atoms with Crippen molar-refractivity contribution in [2.24, 2.45) is 0 Å². The van der Waals surface area contributed by atoms with Crippen molar-refractivity contribution in [3.05, 3.63) is 60.7 Å². The van der Waals surface area contributed by atoms with Crippen LogP contribution in [0.4, 0.5) is 0 Å². The molecule has 0 bridgehead atoms. The van der Waals surface area contributed by atoms with Crippen LogP contribution in [0.15, 0.2) is 60.7 Å². The normalized spacial score (nSPS) is 26.0. The van der Waals surface area contributed by atoms with Gasteiger partial charge in [0.25, 0.3) is 8.32 Å². The Morgan fingerprint density at radius 1 is 0.750 bits per heavy atom. The van der Waals surface area contributed by atoms with E-state index in [1.54, 1.807) is 7.11 Å². The lowest BCUT2D eigenvalue weighted by molar-refractivity contribution is -0.230. The van der Waals surface area contributed by atoms with E-state index >= 15 is 0 Å². The van der Waals surface area contributed by atoms with E-state index in [0.717, 1.165) is 0 Å². The molecule has 2 heterocycles. The van der Waals surface area contributed by atoms with Crippen LogP contribution in [-0.2, 0) is 32.5 Å². The SMILES string of the molecule is COCO[C@H]1[C@@H]2OC(C)(C)O[C@@H]2[C@@H](CO[Si](c2ccccc2)(c2ccccc2)C(C)(C)C)O[C@H]1CCO[Si](C)(C)C(C)(C)C. The van der Waals surface area contributed by atoms with Crippen molar-refractivity contribution < 1.29 is 32.5 Å². The summed E-state index contributed by atoms with van der Waals surface area (Å²) in [5.74, 6) is -0.782. The van der Waals surface area contributed by atoms with Crippen molar-refractivity contribution in [3.8, 4) is 0 Å². The number of rotatable bonds is 12. The van der Waals surface area contributed by atoms with E-state index in [9.17, 15) is 0 Å². The fourth-order valence-corrected chi connectivity index (χ4v) is 11.9. The highest BCUT2D eigenvalue weighted by Gasteiger charge is 2.57. The molecule has 7 nitrogen and oxygen atoms in total. The molecule has 9 heteroatoms. The summed E-state index contributed by atoms with van der Waals surface area (Å²) < 4.78 is 45.5. The maximum Gasteiger partial charge on any atom is 0.261 e. The van der Waals surface area contributed by atoms with Crippen LogP contribution in [0.2, 0.25) is 23.2 Å². The summed E-state index contributed by atoms with van der Waals surface area (Å²) >= 11 is 0. The summed E-state index contributed by atoms with van der Waals surface area (Å²) in [6.45, 7) is 23.2. The minimum atomic E-state index is -2.79. The molecule has 0 unspecified atom stereocenters. The smallest absolute Gasteiger partial charge is 0.261 e. The first-order valence-corrected chi connectivity index (χ1v) is 20.8. The van der Waals surface area contributed by atoms with Crippen molar-refractivity contribution >= 4 is 27.0 Å². The van der Waals surface area contributed by atoms with Gasteiger partial charge in [0.05, 0.1) is 12.7 Å². The molecule has 2 aromatic carbocycles. The summed E-state index contributed by atoms with van der Waals surface area (Å²) in [5, 5.41) is 2.43. The standard InChI is InChI=1S/C35H56O7Si2/c1-33(2,3)43(10,11)38-23-22-28-30(37-25-36-9)32-31(41-35(7,8)42-32)29(40-28)24-39-44(34(4,5)6,26-18-14-12-15-19-26)27-20-16-13-17-21-27/h12-21,28-32H,22-25H2,1-11H3/t28-,29+,30+,31+,32-/m0/s1. The first-order valence-electron chi connectivity index (χ1n) is 16.0. The monoisotopic (exact) mass is 644 g/mol. The molecular formula is C35H56O7Si2. The molecule has 2 saturated heterocycles. The molecule has 0 aromatic heterocycles. The highest BCUT2D eigenvalue weighted by molar-refractivity contribution is 6.99. The molecule has 0 amide bonds. The van der Waals surface area contributed by atoms with E-state index < -0.39 is 22.4 Å². The minimum Gasteiger partial charge on any atom is -0.417 e. The average Bonchev–Trinajstić information content (AvgIpc) is 3.27. The van der Waals surface area contributed by atoms with Gasteiger partial charge in [-0.3, -0.25) is 0 Å². The Hall–Kier alpha value is -1.41. The Morgan fingerprint density at radius 2 is 1.30 bits per heavy atom. The van der Waals surface area contributed by atoms with Crippen molar-refractivity contribution in [3.63, 3.8) is 0 Å². The molecule has 44 heavy (non-hydrogen) atoms. The Kier molecular flexibility index (Phi) is 11.1. The van der Waals surface area contributed by atoms with Crippen molar-refractivity contribution in [2.75, 3.05) is 27.1 Å². The van der Waals surface area contributed by atoms with E-state index in [0.29, 0.717) is 19.6 Å². The third-order valence-corrected chi connectivity index (χ3v) is 19.0. The second-order valence-electron chi connectivity index (χ2n) is 15.2. The van der Waals surface area contributed by atoms with E-state index in [1.807, 2.05) is 13.8 Å². The van der Waals surface area contributed by atoms with Gasteiger partial charge in [0.1, 0.15) is 31.2 Å². The summed E-state index contributed by atoms with van der Waals surface area (Å²) in [5.41, 5.74) is 0. The van der Waals surface area contributed by atoms with Crippen LogP contribution in [-0.4, -0.2) is 80.1 Å². The third kappa shape index (κ3) is 7.59. The van der Waals surface area contributed by atoms with Crippen LogP contribution in [0.3, 0.4) is 0 Å². The van der Waals surface area contributed by atoms with Crippen LogP contribution in [0, 0.1) is 0 Å². The summed E-state index contributed by atoms with van der Waals surface area (Å²) in [6.07, 6.45) is -1.02. The molecule has 2 aliphatic heterocycles. The van der Waals surface area contributed by atoms with Crippen LogP contribution in [0.1, 0.15) is 61.8 Å². The molecule has 2 aromatic rings. The van der Waals surface area contributed by atoms with Crippen molar-refractivity contribution in [1.82, 2.24) is 0 Å². The van der Waals surface area contributed by atoms with Gasteiger partial charge in [-0.2, -0.15) is 0 Å². The molecule has 0 N–H and O–H groups in total. The zero-order valence-electron chi connectivity index (χ0n) is 28.8. The van der Waals surface area contributed by atoms with E-state index in [-0.39, 0.29) is 47.4 Å². The zero-order chi connectivity index (χ0) is 32.4. The van der Waals surface area contributed by atoms with Gasteiger partial charge in [-0.15, -0.1) is 0 Å². The maximum absolute atomic E-state index is 7.34. The fourth-order valence-electron chi connectivity index (χ4n) is 6.28. The van der Waals surface area contributed by atoms with Gasteiger partial charge in [-0.05, 0) is 53.8 Å². The van der Waals surface area contributed by atoms with Gasteiger partial charge in [0.15, 0.2) is 14.1 Å². The zero-order valence-corrected chi connectivity index (χ0v) is 30.8. The highest BCUT2D eigenvalue weighted by Crippen LogP contribution is 2.42. The molecule has 4 rings (SSSR count). The second kappa shape index (κ2) is 13.8. The van der Waals surface area contributed by atoms with Crippen LogP contribution >= 0.6 is 0 Å². The second-order valence-corrected chi connectivity index (χ2v) is 24.3. The number of ether oxygens (including phenoxy) is 5. The molecule has 2 fully saturated rings. The third-order valence-electron chi connectivity index (χ3n) is 9.50. The van der Waals surface area contributed by atoms with Gasteiger partial charge >= 0.3 is 0 Å². The Balaban J connectivity index is 1.67. The van der Waals surface area contributed by atoms with Gasteiger partial charge in [-0.1, -0.05) is 102 Å². The summed E-state index contributed by atoms with van der Waals surface area (Å²) in [6, 6.07) is 21.4. The predicted octanol–water partition coefficient (Wildman–Crippen LogP) is 6.25. The highest BCUT2D eigenvalue weighted by atomic mass is 28.4. The molecule has 5 atom stereocenters. The van der Waals surface area contributed by atoms with Gasteiger partial charge in [0.2, 0.25) is 0 Å². The maximum atomic E-state index is 7.34. The molecule has 2 aliphatic rings. The molecule has 0 spiro atoms. The molecule has 0 radical (unpaired) electrons. The molecule has 0 aliphatic carbocycles. The Labute approximate surface area is 268 Å². The lowest BCUT2D eigenvalue weighted by atomic mass is 9.93. The number of fused-ring (bicyclic) bond motifs is 1. The Bertz CT molecular complexity index is 1140. The topological polar surface area (TPSA) is 64.6 Å². The van der Waals surface area contributed by atoms with E-state index in [1.165, 1.54) is 10.4 Å². The molecular weight excluding hydrogens is 589 g/mol. The number of hydrogen-bond acceptors (Lipinski definition) is 7. The van der Waals surface area contributed by atoms with Crippen LogP contribution in [0.5, 0.6) is 0 Å². The first kappa shape index (κ1) is 35.4. The first-order chi connectivity index (χ1) is 20.5. The number of methoxy groups -OCH3 is 1. The summed E-state index contributed by atoms with van der Waals surface area (Å²) in [7, 11) is -3.09. The average molecular weight is 645 g/mol. The van der Waals surface area contributed by atoms with Gasteiger partial charge in [-0.25, -0.2) is 0 Å². The summed E-state index contributed by atoms with van der Waals surface area (Å²) in [4.78, 5) is 0. The quantitative estimate of drug-likeness (QED) is 0.200. The molecule has 246 valence electrons. The van der Waals surface area contributed by atoms with E-state index in [2.05, 4.69) is 115 Å². The Morgan fingerprint density at radius 3 is 1.80 bits per heavy atom. The van der Waals surface area contributed by atoms with Crippen molar-refractivity contribution in [2.45, 2.75) is 121 Å². The van der Waals surface area contributed by atoms with Crippen LogP contribution < -0.4 is 10.4 Å². The predicted molar refractivity (Wildman–Crippen MR) is 181 cm³/mol. The lowest BCUT2D eigenvalue weighted by Crippen LogP contribution is -2.68. The number of hydrogen-bond donors (Lipinski definition) is 0. The van der Waals surface area contributed by atoms with Gasteiger partial charge < -0.3 is 32.5 Å². The molecule has 0 saturated carbocycles. The number of benzene rings is 2. The lowest BCUT2D eigenvalue weighted by Gasteiger charge is -2.46. The van der Waals surface area contributed by atoms with Crippen molar-refractivity contribution in [1.29, 1.82) is 0 Å². The van der Waals surface area contributed by atoms with E-state index in [4.69, 9.17) is 32.5 Å². The fraction of sp³-hybridized carbons (Fsp3) is 0.657.